The third-order valence-corrected chi connectivity index (χ3v) is 2.21. The van der Waals surface area contributed by atoms with E-state index in [1.54, 1.807) is 6.07 Å². The quantitative estimate of drug-likeness (QED) is 0.756. The average Bonchev–Trinajstić information content (AvgIpc) is 2.70. The number of hydrogen-bond donors (Lipinski definition) is 1. The maximum Gasteiger partial charge on any atom is 0.330 e. The average molecular weight is 205 g/mol. The Kier molecular flexibility index (Phi) is 2.43. The number of methoxy groups -OCH3 is 1. The predicted molar refractivity (Wildman–Crippen MR) is 55.2 cm³/mol. The molecule has 0 aliphatic rings. The molecule has 1 unspecified atom stereocenters. The highest BCUT2D eigenvalue weighted by Gasteiger charge is 2.20. The second-order valence-electron chi connectivity index (χ2n) is 3.19. The van der Waals surface area contributed by atoms with Crippen LogP contribution >= 0.6 is 0 Å². The minimum Gasteiger partial charge on any atom is -0.468 e. The van der Waals surface area contributed by atoms with Crippen molar-refractivity contribution in [2.45, 2.75) is 6.04 Å². The molecule has 0 saturated carbocycles. The number of ether oxygens (including phenoxy) is 1. The maximum absolute atomic E-state index is 11.2. The molecule has 0 fully saturated rings. The van der Waals surface area contributed by atoms with Gasteiger partial charge in [-0.15, -0.1) is 0 Å². The fourth-order valence-corrected chi connectivity index (χ4v) is 1.40. The first-order valence-corrected chi connectivity index (χ1v) is 4.54. The van der Waals surface area contributed by atoms with E-state index < -0.39 is 12.0 Å². The van der Waals surface area contributed by atoms with Gasteiger partial charge in [-0.1, -0.05) is 18.2 Å². The van der Waals surface area contributed by atoms with Crippen molar-refractivity contribution >= 4 is 16.9 Å². The van der Waals surface area contributed by atoms with Gasteiger partial charge in [-0.3, -0.25) is 0 Å². The van der Waals surface area contributed by atoms with Gasteiger partial charge in [0.05, 0.1) is 7.11 Å². The van der Waals surface area contributed by atoms with E-state index in [-0.39, 0.29) is 0 Å². The molecule has 1 aromatic carbocycles. The van der Waals surface area contributed by atoms with Gasteiger partial charge in [0.15, 0.2) is 6.04 Å². The van der Waals surface area contributed by atoms with Gasteiger partial charge in [-0.05, 0) is 12.1 Å². The molecule has 15 heavy (non-hydrogen) atoms. The lowest BCUT2D eigenvalue weighted by Gasteiger charge is -2.04. The van der Waals surface area contributed by atoms with E-state index in [1.165, 1.54) is 7.11 Å². The fraction of sp³-hybridized carbons (Fsp3) is 0.182. The molecule has 4 heteroatoms. The smallest absolute Gasteiger partial charge is 0.330 e. The molecule has 0 aliphatic carbocycles. The van der Waals surface area contributed by atoms with Crippen LogP contribution in [0.25, 0.3) is 11.0 Å². The number of esters is 1. The van der Waals surface area contributed by atoms with E-state index in [4.69, 9.17) is 10.2 Å². The first kappa shape index (κ1) is 9.73. The lowest BCUT2D eigenvalue weighted by Crippen LogP contribution is -2.21. The van der Waals surface area contributed by atoms with Crippen molar-refractivity contribution in [1.29, 1.82) is 0 Å². The zero-order valence-electron chi connectivity index (χ0n) is 8.27. The molecule has 4 nitrogen and oxygen atoms in total. The minimum atomic E-state index is -0.859. The van der Waals surface area contributed by atoms with Gasteiger partial charge in [0, 0.05) is 5.39 Å². The zero-order valence-corrected chi connectivity index (χ0v) is 8.27. The van der Waals surface area contributed by atoms with E-state index in [0.29, 0.717) is 11.3 Å². The molecule has 0 spiro atoms. The molecule has 1 heterocycles. The van der Waals surface area contributed by atoms with Crippen molar-refractivity contribution in [2.75, 3.05) is 7.11 Å². The summed E-state index contributed by atoms with van der Waals surface area (Å²) in [6, 6.07) is 8.36. The Morgan fingerprint density at radius 2 is 2.20 bits per heavy atom. The van der Waals surface area contributed by atoms with Gasteiger partial charge < -0.3 is 14.9 Å². The van der Waals surface area contributed by atoms with Crippen molar-refractivity contribution in [3.63, 3.8) is 0 Å². The van der Waals surface area contributed by atoms with Crippen LogP contribution in [0, 0.1) is 0 Å². The molecule has 0 bridgehead atoms. The Morgan fingerprint density at radius 1 is 1.47 bits per heavy atom. The summed E-state index contributed by atoms with van der Waals surface area (Å²) in [5.41, 5.74) is 6.36. The van der Waals surface area contributed by atoms with Crippen molar-refractivity contribution in [2.24, 2.45) is 5.73 Å². The Labute approximate surface area is 86.6 Å². The van der Waals surface area contributed by atoms with Crippen LogP contribution in [0.2, 0.25) is 0 Å². The first-order valence-electron chi connectivity index (χ1n) is 4.54. The van der Waals surface area contributed by atoms with Gasteiger partial charge in [0.2, 0.25) is 0 Å². The van der Waals surface area contributed by atoms with Gasteiger partial charge >= 0.3 is 5.97 Å². The number of fused-ring (bicyclic) bond motifs is 1. The number of rotatable bonds is 2. The molecule has 2 rings (SSSR count). The highest BCUT2D eigenvalue weighted by Crippen LogP contribution is 2.22. The SMILES string of the molecule is COC(=O)C(N)c1cc2ccccc2o1. The molecule has 0 aliphatic heterocycles. The van der Waals surface area contributed by atoms with Crippen molar-refractivity contribution in [3.8, 4) is 0 Å². The van der Waals surface area contributed by atoms with Gasteiger partial charge in [0.1, 0.15) is 11.3 Å². The van der Waals surface area contributed by atoms with E-state index in [0.717, 1.165) is 5.39 Å². The largest absolute Gasteiger partial charge is 0.468 e. The highest BCUT2D eigenvalue weighted by molar-refractivity contribution is 5.82. The second kappa shape index (κ2) is 3.74. The molecular weight excluding hydrogens is 194 g/mol. The van der Waals surface area contributed by atoms with Crippen LogP contribution < -0.4 is 5.73 Å². The summed E-state index contributed by atoms with van der Waals surface area (Å²) >= 11 is 0. The molecule has 0 amide bonds. The Hall–Kier alpha value is -1.81. The van der Waals surface area contributed by atoms with Crippen molar-refractivity contribution in [1.82, 2.24) is 0 Å². The summed E-state index contributed by atoms with van der Waals surface area (Å²) in [6.45, 7) is 0. The maximum atomic E-state index is 11.2. The lowest BCUT2D eigenvalue weighted by molar-refractivity contribution is -0.142. The third kappa shape index (κ3) is 1.71. The molecule has 78 valence electrons. The van der Waals surface area contributed by atoms with E-state index >= 15 is 0 Å². The van der Waals surface area contributed by atoms with Crippen LogP contribution in [0.5, 0.6) is 0 Å². The number of para-hydroxylation sites is 1. The summed E-state index contributed by atoms with van der Waals surface area (Å²) in [6.07, 6.45) is 0. The first-order chi connectivity index (χ1) is 7.22. The van der Waals surface area contributed by atoms with E-state index in [2.05, 4.69) is 4.74 Å². The number of nitrogens with two attached hydrogens (primary N) is 1. The second-order valence-corrected chi connectivity index (χ2v) is 3.19. The molecule has 1 aromatic heterocycles. The summed E-state index contributed by atoms with van der Waals surface area (Å²) in [7, 11) is 1.30. The summed E-state index contributed by atoms with van der Waals surface area (Å²) in [5, 5.41) is 0.923. The number of carbonyl (C=O) groups is 1. The fourth-order valence-electron chi connectivity index (χ4n) is 1.40. The van der Waals surface area contributed by atoms with Crippen LogP contribution in [0.1, 0.15) is 11.8 Å². The summed E-state index contributed by atoms with van der Waals surface area (Å²) in [5.74, 6) is -0.0860. The molecule has 2 N–H and O–H groups in total. The van der Waals surface area contributed by atoms with Crippen molar-refractivity contribution < 1.29 is 13.9 Å². The number of furan rings is 1. The number of hydrogen-bond acceptors (Lipinski definition) is 4. The highest BCUT2D eigenvalue weighted by atomic mass is 16.5. The van der Waals surface area contributed by atoms with Crippen LogP contribution in [0.3, 0.4) is 0 Å². The van der Waals surface area contributed by atoms with Crippen LogP contribution in [-0.2, 0) is 9.53 Å². The van der Waals surface area contributed by atoms with Gasteiger partial charge in [-0.2, -0.15) is 0 Å². The van der Waals surface area contributed by atoms with Crippen LogP contribution in [-0.4, -0.2) is 13.1 Å². The topological polar surface area (TPSA) is 65.5 Å². The Morgan fingerprint density at radius 3 is 2.87 bits per heavy atom. The molecule has 1 atom stereocenters. The monoisotopic (exact) mass is 205 g/mol. The Bertz CT molecular complexity index is 456. The number of benzene rings is 1. The van der Waals surface area contributed by atoms with Crippen LogP contribution in [0.15, 0.2) is 34.7 Å². The third-order valence-electron chi connectivity index (χ3n) is 2.21. The molecule has 0 radical (unpaired) electrons. The van der Waals surface area contributed by atoms with E-state index in [1.807, 2.05) is 24.3 Å². The zero-order chi connectivity index (χ0) is 10.8. The normalized spacial score (nSPS) is 12.7. The lowest BCUT2D eigenvalue weighted by atomic mass is 10.2. The predicted octanol–water partition coefficient (Wildman–Crippen LogP) is 1.61. The molecular formula is C11H11NO3. The van der Waals surface area contributed by atoms with E-state index in [9.17, 15) is 4.79 Å². The standard InChI is InChI=1S/C11H11NO3/c1-14-11(13)10(12)9-6-7-4-2-3-5-8(7)15-9/h2-6,10H,12H2,1H3. The van der Waals surface area contributed by atoms with Gasteiger partial charge in [0.25, 0.3) is 0 Å². The number of carbonyl (C=O) groups excluding carboxylic acids is 1. The molecule has 2 aromatic rings. The summed E-state index contributed by atoms with van der Waals surface area (Å²) in [4.78, 5) is 11.2. The van der Waals surface area contributed by atoms with Crippen molar-refractivity contribution in [3.05, 3.63) is 36.1 Å². The Balaban J connectivity index is 2.40. The minimum absolute atomic E-state index is 0.419. The molecule has 0 saturated heterocycles. The summed E-state index contributed by atoms with van der Waals surface area (Å²) < 4.78 is 9.97. The van der Waals surface area contributed by atoms with Crippen LogP contribution in [0.4, 0.5) is 0 Å². The van der Waals surface area contributed by atoms with Gasteiger partial charge in [-0.25, -0.2) is 4.79 Å².